The number of alkyl halides is 7. The fourth-order valence-electron chi connectivity index (χ4n) is 2.11. The number of rotatable bonds is 5. The van der Waals surface area contributed by atoms with Crippen molar-refractivity contribution >= 4 is 5.65 Å². The van der Waals surface area contributed by atoms with Gasteiger partial charge in [0.1, 0.15) is 0 Å². The van der Waals surface area contributed by atoms with Gasteiger partial charge in [0, 0.05) is 24.8 Å². The number of aromatic nitrogens is 5. The molecule has 150 valence electrons. The summed E-state index contributed by atoms with van der Waals surface area (Å²) in [5.41, 5.74) is 0.0480. The number of hydrogen-bond acceptors (Lipinski definition) is 5. The smallest absolute Gasteiger partial charge is 0.422 e. The number of ether oxygens (including phenoxy) is 1. The highest BCUT2D eigenvalue weighted by Gasteiger charge is 2.57. The molecule has 0 spiro atoms. The molecule has 0 unspecified atom stereocenters. The summed E-state index contributed by atoms with van der Waals surface area (Å²) in [4.78, 5) is 3.67. The third-order valence-electron chi connectivity index (χ3n) is 3.51. The maximum absolute atomic E-state index is 14.0. The predicted molar refractivity (Wildman–Crippen MR) is 80.1 cm³/mol. The van der Waals surface area contributed by atoms with E-state index in [1.54, 1.807) is 0 Å². The minimum absolute atomic E-state index is 0.0265. The van der Waals surface area contributed by atoms with Crippen LogP contribution in [0.2, 0.25) is 0 Å². The highest BCUT2D eigenvalue weighted by atomic mass is 19.4. The quantitative estimate of drug-likeness (QED) is 0.599. The minimum atomic E-state index is -4.63. The zero-order valence-electron chi connectivity index (χ0n) is 13.9. The lowest BCUT2D eigenvalue weighted by Gasteiger charge is -2.20. The zero-order chi connectivity index (χ0) is 20.7. The Hall–Kier alpha value is -2.99. The van der Waals surface area contributed by atoms with Gasteiger partial charge in [-0.05, 0) is 18.2 Å². The topological polar surface area (TPSA) is 65.2 Å². The van der Waals surface area contributed by atoms with E-state index in [1.807, 2.05) is 0 Å². The van der Waals surface area contributed by atoms with Crippen molar-refractivity contribution in [2.75, 3.05) is 6.61 Å². The summed E-state index contributed by atoms with van der Waals surface area (Å²) in [5.74, 6) is -10.7. The summed E-state index contributed by atoms with van der Waals surface area (Å²) < 4.78 is 95.7. The first-order chi connectivity index (χ1) is 12.9. The lowest BCUT2D eigenvalue weighted by atomic mass is 10.2. The first-order valence-corrected chi connectivity index (χ1v) is 7.53. The molecule has 0 saturated carbocycles. The number of hydrogen-bond donors (Lipinski definition) is 0. The third-order valence-corrected chi connectivity index (χ3v) is 3.51. The van der Waals surface area contributed by atoms with Gasteiger partial charge >= 0.3 is 18.0 Å². The van der Waals surface area contributed by atoms with Crippen molar-refractivity contribution in [1.29, 1.82) is 0 Å². The lowest BCUT2D eigenvalue weighted by molar-refractivity contribution is -0.210. The van der Waals surface area contributed by atoms with Crippen LogP contribution in [0.3, 0.4) is 0 Å². The fraction of sp³-hybridized carbons (Fsp3) is 0.333. The zero-order valence-corrected chi connectivity index (χ0v) is 13.9. The molecule has 3 rings (SSSR count). The Morgan fingerprint density at radius 3 is 2.25 bits per heavy atom. The van der Waals surface area contributed by atoms with Crippen LogP contribution in [0.1, 0.15) is 12.7 Å². The Morgan fingerprint density at radius 2 is 1.68 bits per heavy atom. The Balaban J connectivity index is 1.93. The summed E-state index contributed by atoms with van der Waals surface area (Å²) in [6.07, 6.45) is -3.44. The van der Waals surface area contributed by atoms with E-state index < -0.39 is 30.5 Å². The number of nitrogens with zero attached hydrogens (tertiary/aromatic N) is 5. The molecule has 0 aromatic carbocycles. The molecule has 0 fully saturated rings. The van der Waals surface area contributed by atoms with E-state index in [9.17, 15) is 30.7 Å². The SMILES string of the molecule is CC(F)(F)C(F)(F)c1nnc2ccc(-c3ccc(OCC(F)(F)F)nc3)nn12. The summed E-state index contributed by atoms with van der Waals surface area (Å²) in [6.45, 7) is -1.49. The average Bonchev–Trinajstić information content (AvgIpc) is 3.02. The monoisotopic (exact) mass is 409 g/mol. The van der Waals surface area contributed by atoms with Crippen molar-refractivity contribution in [3.05, 3.63) is 36.3 Å². The van der Waals surface area contributed by atoms with Gasteiger partial charge in [0.15, 0.2) is 12.3 Å². The summed E-state index contributed by atoms with van der Waals surface area (Å²) in [7, 11) is 0. The first kappa shape index (κ1) is 19.8. The van der Waals surface area contributed by atoms with Gasteiger partial charge in [-0.3, -0.25) is 0 Å². The second kappa shape index (κ2) is 6.56. The van der Waals surface area contributed by atoms with Crippen molar-refractivity contribution in [1.82, 2.24) is 24.8 Å². The van der Waals surface area contributed by atoms with Crippen molar-refractivity contribution in [3.63, 3.8) is 0 Å². The molecule has 0 N–H and O–H groups in total. The molecule has 13 heteroatoms. The van der Waals surface area contributed by atoms with Crippen LogP contribution in [0.15, 0.2) is 30.5 Å². The second-order valence-electron chi connectivity index (χ2n) is 5.76. The molecular weight excluding hydrogens is 399 g/mol. The number of halogens is 7. The Morgan fingerprint density at radius 1 is 0.964 bits per heavy atom. The van der Waals surface area contributed by atoms with Crippen LogP contribution >= 0.6 is 0 Å². The molecule has 28 heavy (non-hydrogen) atoms. The molecule has 0 aliphatic carbocycles. The molecule has 0 bridgehead atoms. The van der Waals surface area contributed by atoms with Crippen molar-refractivity contribution in [2.24, 2.45) is 0 Å². The Kier molecular flexibility index (Phi) is 4.63. The lowest BCUT2D eigenvalue weighted by Crippen LogP contribution is -2.37. The van der Waals surface area contributed by atoms with Gasteiger partial charge in [-0.1, -0.05) is 0 Å². The van der Waals surface area contributed by atoms with Gasteiger partial charge in [-0.2, -0.15) is 40.3 Å². The average molecular weight is 409 g/mol. The van der Waals surface area contributed by atoms with Gasteiger partial charge in [0.25, 0.3) is 0 Å². The molecule has 0 aliphatic rings. The molecule has 0 amide bonds. The van der Waals surface area contributed by atoms with Gasteiger partial charge in [-0.25, -0.2) is 4.98 Å². The van der Waals surface area contributed by atoms with Crippen molar-refractivity contribution in [3.8, 4) is 17.1 Å². The van der Waals surface area contributed by atoms with E-state index >= 15 is 0 Å². The van der Waals surface area contributed by atoms with Gasteiger partial charge < -0.3 is 4.74 Å². The predicted octanol–water partition coefficient (Wildman–Crippen LogP) is 3.87. The summed E-state index contributed by atoms with van der Waals surface area (Å²) in [5, 5.41) is 10.3. The van der Waals surface area contributed by atoms with E-state index in [-0.39, 0.29) is 29.7 Å². The van der Waals surface area contributed by atoms with E-state index in [4.69, 9.17) is 0 Å². The molecule has 0 radical (unpaired) electrons. The van der Waals surface area contributed by atoms with Crippen LogP contribution < -0.4 is 4.74 Å². The van der Waals surface area contributed by atoms with Crippen LogP contribution in [0.5, 0.6) is 5.88 Å². The number of pyridine rings is 1. The van der Waals surface area contributed by atoms with Crippen LogP contribution in [-0.2, 0) is 5.92 Å². The summed E-state index contributed by atoms with van der Waals surface area (Å²) >= 11 is 0. The van der Waals surface area contributed by atoms with Gasteiger partial charge in [-0.15, -0.1) is 10.2 Å². The first-order valence-electron chi connectivity index (χ1n) is 7.53. The van der Waals surface area contributed by atoms with Crippen LogP contribution in [0, 0.1) is 0 Å². The Bertz CT molecular complexity index is 979. The third kappa shape index (κ3) is 3.82. The van der Waals surface area contributed by atoms with Crippen molar-refractivity contribution in [2.45, 2.75) is 24.9 Å². The van der Waals surface area contributed by atoms with Crippen LogP contribution in [-0.4, -0.2) is 43.5 Å². The number of fused-ring (bicyclic) bond motifs is 1. The highest BCUT2D eigenvalue weighted by molar-refractivity contribution is 5.59. The normalized spacial score (nSPS) is 13.1. The molecule has 3 heterocycles. The van der Waals surface area contributed by atoms with Crippen LogP contribution in [0.25, 0.3) is 16.9 Å². The molecule has 0 atom stereocenters. The molecule has 3 aromatic heterocycles. The van der Waals surface area contributed by atoms with Gasteiger partial charge in [0.05, 0.1) is 5.69 Å². The van der Waals surface area contributed by atoms with E-state index in [0.29, 0.717) is 4.52 Å². The molecule has 0 saturated heterocycles. The maximum atomic E-state index is 14.0. The minimum Gasteiger partial charge on any atom is -0.468 e. The molecule has 0 aliphatic heterocycles. The fourth-order valence-corrected chi connectivity index (χ4v) is 2.11. The molecule has 6 nitrogen and oxygen atoms in total. The molecule has 3 aromatic rings. The van der Waals surface area contributed by atoms with E-state index in [0.717, 1.165) is 12.3 Å². The van der Waals surface area contributed by atoms with E-state index in [2.05, 4.69) is 25.0 Å². The highest BCUT2D eigenvalue weighted by Crippen LogP contribution is 2.41. The van der Waals surface area contributed by atoms with Gasteiger partial charge in [0.2, 0.25) is 11.7 Å². The standard InChI is InChI=1S/C15H10F7N5O/c1-13(16,17)15(21,22)12-25-24-10-4-3-9(26-27(10)12)8-2-5-11(23-6-8)28-7-14(18,19)20/h2-6H,7H2,1H3. The van der Waals surface area contributed by atoms with Crippen molar-refractivity contribution < 1.29 is 35.5 Å². The summed E-state index contributed by atoms with van der Waals surface area (Å²) in [6, 6.07) is 4.96. The van der Waals surface area contributed by atoms with E-state index in [1.165, 1.54) is 18.2 Å². The Labute approximate surface area is 152 Å². The largest absolute Gasteiger partial charge is 0.468 e. The maximum Gasteiger partial charge on any atom is 0.422 e. The second-order valence-corrected chi connectivity index (χ2v) is 5.76. The molecular formula is C15H10F7N5O. The van der Waals surface area contributed by atoms with Crippen LogP contribution in [0.4, 0.5) is 30.7 Å².